The van der Waals surface area contributed by atoms with Gasteiger partial charge in [0, 0.05) is 10.2 Å². The normalized spacial score (nSPS) is 12.1. The molecule has 0 saturated heterocycles. The molecule has 0 atom stereocenters. The van der Waals surface area contributed by atoms with Gasteiger partial charge in [0.05, 0.1) is 10.6 Å². The number of sulfone groups is 1. The van der Waals surface area contributed by atoms with Crippen molar-refractivity contribution in [2.24, 2.45) is 4.99 Å². The predicted octanol–water partition coefficient (Wildman–Crippen LogP) is 1.12. The van der Waals surface area contributed by atoms with Crippen LogP contribution in [-0.4, -0.2) is 24.2 Å². The molecule has 0 aliphatic heterocycles. The molecule has 0 aromatic heterocycles. The maximum Gasteiger partial charge on any atom is 0.216 e. The van der Waals surface area contributed by atoms with Gasteiger partial charge in [-0.3, -0.25) is 0 Å². The first-order valence-corrected chi connectivity index (χ1v) is 8.44. The molecule has 3 nitrogen and oxygen atoms in total. The van der Waals surface area contributed by atoms with Crippen LogP contribution in [0.5, 0.6) is 0 Å². The summed E-state index contributed by atoms with van der Waals surface area (Å²) < 4.78 is 24.1. The van der Waals surface area contributed by atoms with Gasteiger partial charge >= 0.3 is 0 Å². The Balaban J connectivity index is 2.29. The summed E-state index contributed by atoms with van der Waals surface area (Å²) in [5, 5.41) is 1.18. The Kier molecular flexibility index (Phi) is 3.97. The quantitative estimate of drug-likeness (QED) is 0.483. The molecule has 2 rings (SSSR count). The predicted molar refractivity (Wildman–Crippen MR) is 82.5 cm³/mol. The highest BCUT2D eigenvalue weighted by Gasteiger charge is 2.10. The van der Waals surface area contributed by atoms with Crippen LogP contribution < -0.4 is 5.19 Å². The fourth-order valence-corrected chi connectivity index (χ4v) is 3.01. The van der Waals surface area contributed by atoms with Crippen molar-refractivity contribution >= 4 is 36.5 Å². The minimum absolute atomic E-state index is 0.267. The maximum absolute atomic E-state index is 12.1. The summed E-state index contributed by atoms with van der Waals surface area (Å²) in [5.41, 5.74) is 2.72. The monoisotopic (exact) mass is 289 g/mol. The number of hydrogen-bond donors (Lipinski definition) is 0. The minimum atomic E-state index is -3.47. The first-order chi connectivity index (χ1) is 8.97. The van der Waals surface area contributed by atoms with Crippen LogP contribution in [-0.2, 0) is 9.84 Å². The molecule has 0 amide bonds. The summed E-state index contributed by atoms with van der Waals surface area (Å²) in [4.78, 5) is 4.31. The van der Waals surface area contributed by atoms with Gasteiger partial charge in [0.15, 0.2) is 0 Å². The van der Waals surface area contributed by atoms with Gasteiger partial charge in [-0.15, -0.1) is 0 Å². The second-order valence-corrected chi connectivity index (χ2v) is 7.36. The van der Waals surface area contributed by atoms with E-state index in [9.17, 15) is 8.42 Å². The third-order valence-electron chi connectivity index (χ3n) is 2.69. The first-order valence-electron chi connectivity index (χ1n) is 5.90. The Morgan fingerprint density at radius 3 is 2.42 bits per heavy atom. The number of aliphatic imine (C=N–C) groups is 1. The summed E-state index contributed by atoms with van der Waals surface area (Å²) in [5.74, 6) is 0. The zero-order valence-electron chi connectivity index (χ0n) is 10.9. The zero-order valence-corrected chi connectivity index (χ0v) is 13.7. The van der Waals surface area contributed by atoms with Crippen molar-refractivity contribution in [1.82, 2.24) is 0 Å². The van der Waals surface area contributed by atoms with E-state index in [0.29, 0.717) is 5.69 Å². The van der Waals surface area contributed by atoms with Crippen LogP contribution in [0.2, 0.25) is 0 Å². The van der Waals surface area contributed by atoms with Gasteiger partial charge in [-0.25, -0.2) is 13.4 Å². The molecule has 2 aromatic carbocycles. The average molecular weight is 289 g/mol. The molecule has 0 spiro atoms. The van der Waals surface area contributed by atoms with Crippen LogP contribution in [0.1, 0.15) is 5.56 Å². The molecular formula is C14H15NO2SSi. The minimum Gasteiger partial charge on any atom is -0.244 e. The van der Waals surface area contributed by atoms with Gasteiger partial charge in [-0.1, -0.05) is 35.0 Å². The molecule has 0 N–H and O–H groups in total. The molecule has 98 valence electrons. The Bertz CT molecular complexity index is 706. The molecule has 0 heterocycles. The van der Waals surface area contributed by atoms with E-state index in [0.717, 1.165) is 21.4 Å². The Hall–Kier alpha value is -1.72. The highest BCUT2D eigenvalue weighted by molar-refractivity contribution is 8.04. The molecular weight excluding hydrogens is 274 g/mol. The summed E-state index contributed by atoms with van der Waals surface area (Å²) in [6.45, 7) is 1.92. The van der Waals surface area contributed by atoms with Crippen molar-refractivity contribution in [3.05, 3.63) is 54.1 Å². The molecule has 5 heteroatoms. The van der Waals surface area contributed by atoms with Crippen LogP contribution in [0.4, 0.5) is 5.69 Å². The van der Waals surface area contributed by atoms with Gasteiger partial charge < -0.3 is 0 Å². The van der Waals surface area contributed by atoms with E-state index in [-0.39, 0.29) is 4.90 Å². The summed E-state index contributed by atoms with van der Waals surface area (Å²) in [6.07, 6.45) is 0. The molecule has 0 bridgehead atoms. The molecule has 19 heavy (non-hydrogen) atoms. The van der Waals surface area contributed by atoms with E-state index in [1.807, 2.05) is 25.1 Å². The fraction of sp³-hybridized carbons (Fsp3) is 0.0714. The van der Waals surface area contributed by atoms with Gasteiger partial charge in [0.1, 0.15) is 5.55 Å². The molecule has 0 saturated carbocycles. The number of rotatable bonds is 3. The number of nitrogens with zero attached hydrogens (tertiary/aromatic N) is 1. The van der Waals surface area contributed by atoms with E-state index in [1.165, 1.54) is 5.19 Å². The second-order valence-electron chi connectivity index (χ2n) is 4.43. The summed E-state index contributed by atoms with van der Waals surface area (Å²) >= 11 is 0. The van der Waals surface area contributed by atoms with Crippen molar-refractivity contribution in [3.63, 3.8) is 0 Å². The van der Waals surface area contributed by atoms with Crippen LogP contribution in [0.15, 0.2) is 58.4 Å². The van der Waals surface area contributed by atoms with Crippen molar-refractivity contribution < 1.29 is 8.42 Å². The topological polar surface area (TPSA) is 46.5 Å². The van der Waals surface area contributed by atoms with Gasteiger partial charge in [0.25, 0.3) is 0 Å². The van der Waals surface area contributed by atoms with Crippen molar-refractivity contribution in [2.75, 3.05) is 0 Å². The Morgan fingerprint density at radius 1 is 1.11 bits per heavy atom. The highest BCUT2D eigenvalue weighted by Crippen LogP contribution is 2.13. The number of benzene rings is 2. The van der Waals surface area contributed by atoms with Gasteiger partial charge in [0.2, 0.25) is 9.84 Å². The lowest BCUT2D eigenvalue weighted by Gasteiger charge is -2.00. The van der Waals surface area contributed by atoms with E-state index < -0.39 is 9.84 Å². The highest BCUT2D eigenvalue weighted by atomic mass is 32.2. The molecule has 0 radical (unpaired) electrons. The SMILES string of the molecule is Cc1ccc(S(=O)(=O)C=Nc2cccc([SiH3])c2)cc1. The van der Waals surface area contributed by atoms with Gasteiger partial charge in [-0.05, 0) is 31.2 Å². The third kappa shape index (κ3) is 3.62. The maximum atomic E-state index is 12.1. The van der Waals surface area contributed by atoms with E-state index >= 15 is 0 Å². The smallest absolute Gasteiger partial charge is 0.216 e. The first kappa shape index (κ1) is 13.7. The van der Waals surface area contributed by atoms with Crippen molar-refractivity contribution in [2.45, 2.75) is 11.8 Å². The molecule has 0 unspecified atom stereocenters. The largest absolute Gasteiger partial charge is 0.244 e. The molecule has 0 aliphatic carbocycles. The van der Waals surface area contributed by atoms with Crippen LogP contribution >= 0.6 is 0 Å². The Labute approximate surface area is 116 Å². The lowest BCUT2D eigenvalue weighted by Crippen LogP contribution is -2.02. The van der Waals surface area contributed by atoms with Crippen LogP contribution in [0.3, 0.4) is 0 Å². The number of hydrogen-bond acceptors (Lipinski definition) is 3. The van der Waals surface area contributed by atoms with Crippen molar-refractivity contribution in [3.8, 4) is 0 Å². The van der Waals surface area contributed by atoms with Crippen LogP contribution in [0.25, 0.3) is 0 Å². The van der Waals surface area contributed by atoms with Crippen LogP contribution in [0, 0.1) is 6.92 Å². The summed E-state index contributed by atoms with van der Waals surface area (Å²) in [6, 6.07) is 14.3. The standard InChI is InChI=1S/C14H15NO2SSi/c1-11-5-7-13(8-6-11)18(16,17)10-15-12-3-2-4-14(19)9-12/h2-10H,1,19H3. The Morgan fingerprint density at radius 2 is 1.79 bits per heavy atom. The summed E-state index contributed by atoms with van der Waals surface area (Å²) in [7, 11) is -2.55. The van der Waals surface area contributed by atoms with E-state index in [2.05, 4.69) is 4.99 Å². The molecule has 2 aromatic rings. The third-order valence-corrected chi connectivity index (χ3v) is 4.63. The number of aryl methyl sites for hydroxylation is 1. The lowest BCUT2D eigenvalue weighted by atomic mass is 10.2. The zero-order chi connectivity index (χ0) is 13.9. The lowest BCUT2D eigenvalue weighted by molar-refractivity contribution is 0.608. The van der Waals surface area contributed by atoms with E-state index in [4.69, 9.17) is 0 Å². The van der Waals surface area contributed by atoms with Gasteiger partial charge in [-0.2, -0.15) is 0 Å². The van der Waals surface area contributed by atoms with E-state index in [1.54, 1.807) is 30.3 Å². The van der Waals surface area contributed by atoms with Crippen molar-refractivity contribution in [1.29, 1.82) is 0 Å². The molecule has 0 fully saturated rings. The fourth-order valence-electron chi connectivity index (χ4n) is 1.63. The average Bonchev–Trinajstić information content (AvgIpc) is 2.37. The second kappa shape index (κ2) is 5.50. The molecule has 0 aliphatic rings.